The van der Waals surface area contributed by atoms with Crippen LogP contribution in [-0.4, -0.2) is 28.3 Å². The van der Waals surface area contributed by atoms with E-state index in [1.807, 2.05) is 31.2 Å². The monoisotopic (exact) mass is 405 g/mol. The number of para-hydroxylation sites is 1. The van der Waals surface area contributed by atoms with Crippen LogP contribution < -0.4 is 25.6 Å². The first kappa shape index (κ1) is 18.2. The molecule has 2 aliphatic heterocycles. The second-order valence-electron chi connectivity index (χ2n) is 7.44. The number of carbonyl (C=O) groups excluding carboxylic acids is 1. The smallest absolute Gasteiger partial charge is 0.328 e. The molecule has 0 fully saturated rings. The molecule has 0 bridgehead atoms. The average Bonchev–Trinajstić information content (AvgIpc) is 3.33. The fourth-order valence-corrected chi connectivity index (χ4v) is 4.03. The van der Waals surface area contributed by atoms with Crippen molar-refractivity contribution in [3.8, 4) is 11.5 Å². The van der Waals surface area contributed by atoms with Crippen molar-refractivity contribution in [2.24, 2.45) is 0 Å². The predicted molar refractivity (Wildman–Crippen MR) is 109 cm³/mol. The lowest BCUT2D eigenvalue weighted by Crippen LogP contribution is -2.43. The van der Waals surface area contributed by atoms with Crippen molar-refractivity contribution in [2.75, 3.05) is 11.7 Å². The molecule has 0 saturated carbocycles. The van der Waals surface area contributed by atoms with Gasteiger partial charge >= 0.3 is 5.69 Å². The first-order valence-corrected chi connectivity index (χ1v) is 9.65. The van der Waals surface area contributed by atoms with Gasteiger partial charge in [-0.2, -0.15) is 0 Å². The van der Waals surface area contributed by atoms with Crippen LogP contribution in [0.1, 0.15) is 28.4 Å². The van der Waals surface area contributed by atoms with Gasteiger partial charge in [-0.05, 0) is 42.7 Å². The third-order valence-electron chi connectivity index (χ3n) is 5.49. The van der Waals surface area contributed by atoms with E-state index in [0.29, 0.717) is 17.1 Å². The number of benzene rings is 2. The van der Waals surface area contributed by atoms with Gasteiger partial charge in [0.05, 0.1) is 6.54 Å². The number of anilines is 1. The molecule has 0 saturated heterocycles. The van der Waals surface area contributed by atoms with Gasteiger partial charge in [-0.15, -0.1) is 0 Å². The fourth-order valence-electron chi connectivity index (χ4n) is 4.03. The summed E-state index contributed by atoms with van der Waals surface area (Å²) >= 11 is 0. The lowest BCUT2D eigenvalue weighted by Gasteiger charge is -2.22. The Balaban J connectivity index is 1.51. The highest BCUT2D eigenvalue weighted by Gasteiger charge is 2.33. The molecule has 2 aromatic carbocycles. The van der Waals surface area contributed by atoms with Gasteiger partial charge in [0.25, 0.3) is 11.5 Å². The minimum Gasteiger partial charge on any atom is -0.454 e. The summed E-state index contributed by atoms with van der Waals surface area (Å²) in [5, 5.41) is 0. The molecule has 0 aliphatic carbocycles. The number of rotatable bonds is 3. The summed E-state index contributed by atoms with van der Waals surface area (Å²) in [5.74, 6) is 0.755. The Morgan fingerprint density at radius 2 is 1.93 bits per heavy atom. The van der Waals surface area contributed by atoms with Crippen LogP contribution in [0.5, 0.6) is 11.5 Å². The third-order valence-corrected chi connectivity index (χ3v) is 5.49. The van der Waals surface area contributed by atoms with Crippen LogP contribution in [0, 0.1) is 0 Å². The minimum absolute atomic E-state index is 0.0120. The molecule has 3 heterocycles. The van der Waals surface area contributed by atoms with Crippen LogP contribution in [0.25, 0.3) is 0 Å². The first-order valence-electron chi connectivity index (χ1n) is 9.65. The molecular weight excluding hydrogens is 386 g/mol. The summed E-state index contributed by atoms with van der Waals surface area (Å²) in [6, 6.07) is 12.8. The van der Waals surface area contributed by atoms with E-state index in [1.54, 1.807) is 23.1 Å². The minimum atomic E-state index is -0.627. The molecule has 0 radical (unpaired) electrons. The number of nitrogens with zero attached hydrogens (tertiary/aromatic N) is 2. The fraction of sp³-hybridized carbons (Fsp3) is 0.227. The number of aromatic amines is 1. The van der Waals surface area contributed by atoms with Crippen molar-refractivity contribution in [3.63, 3.8) is 0 Å². The summed E-state index contributed by atoms with van der Waals surface area (Å²) in [5.41, 5.74) is 1.27. The van der Waals surface area contributed by atoms with Crippen LogP contribution in [0.15, 0.2) is 58.3 Å². The highest BCUT2D eigenvalue weighted by Crippen LogP contribution is 2.33. The van der Waals surface area contributed by atoms with Gasteiger partial charge in [-0.1, -0.05) is 24.3 Å². The Hall–Kier alpha value is -3.81. The van der Waals surface area contributed by atoms with Crippen molar-refractivity contribution in [1.29, 1.82) is 0 Å². The maximum Gasteiger partial charge on any atom is 0.328 e. The molecule has 1 N–H and O–H groups in total. The molecule has 1 amide bonds. The normalized spacial score (nSPS) is 16.6. The van der Waals surface area contributed by atoms with Crippen molar-refractivity contribution in [3.05, 3.63) is 86.2 Å². The summed E-state index contributed by atoms with van der Waals surface area (Å²) in [6.07, 6.45) is 1.92. The Morgan fingerprint density at radius 3 is 2.80 bits per heavy atom. The molecule has 3 aromatic rings. The number of aromatic nitrogens is 2. The number of hydrogen-bond donors (Lipinski definition) is 1. The molecular formula is C22H19N3O5. The van der Waals surface area contributed by atoms with Crippen LogP contribution in [0.2, 0.25) is 0 Å². The zero-order chi connectivity index (χ0) is 20.8. The first-order chi connectivity index (χ1) is 14.5. The van der Waals surface area contributed by atoms with Gasteiger partial charge in [-0.3, -0.25) is 14.2 Å². The molecule has 1 unspecified atom stereocenters. The zero-order valence-electron chi connectivity index (χ0n) is 16.3. The maximum absolute atomic E-state index is 13.3. The molecule has 152 valence electrons. The maximum atomic E-state index is 13.3. The second kappa shape index (κ2) is 6.91. The number of ether oxygens (including phenoxy) is 2. The van der Waals surface area contributed by atoms with E-state index in [0.717, 1.165) is 22.2 Å². The van der Waals surface area contributed by atoms with Crippen LogP contribution in [0.3, 0.4) is 0 Å². The van der Waals surface area contributed by atoms with E-state index < -0.39 is 17.2 Å². The van der Waals surface area contributed by atoms with Crippen molar-refractivity contribution >= 4 is 11.6 Å². The lowest BCUT2D eigenvalue weighted by molar-refractivity contribution is 0.0979. The van der Waals surface area contributed by atoms with Crippen molar-refractivity contribution in [1.82, 2.24) is 9.55 Å². The molecule has 1 aromatic heterocycles. The van der Waals surface area contributed by atoms with Gasteiger partial charge in [-0.25, -0.2) is 4.79 Å². The van der Waals surface area contributed by atoms with Crippen LogP contribution in [-0.2, 0) is 13.0 Å². The molecule has 2 aliphatic rings. The summed E-state index contributed by atoms with van der Waals surface area (Å²) in [6.45, 7) is 2.09. The molecule has 1 atom stereocenters. The predicted octanol–water partition coefficient (Wildman–Crippen LogP) is 1.91. The number of nitrogens with one attached hydrogen (secondary N) is 1. The third kappa shape index (κ3) is 2.88. The standard InChI is InChI=1S/C22H19N3O5/c1-13-8-15-4-2-3-5-17(15)25(13)21(27)16-10-23-22(28)24(20(16)26)11-14-6-7-18-19(9-14)30-12-29-18/h2-7,9-10,13H,8,11-12H2,1H3,(H,23,28). The second-order valence-corrected chi connectivity index (χ2v) is 7.44. The molecule has 30 heavy (non-hydrogen) atoms. The number of H-pyrrole nitrogens is 1. The van der Waals surface area contributed by atoms with E-state index >= 15 is 0 Å². The van der Waals surface area contributed by atoms with E-state index in [4.69, 9.17) is 9.47 Å². The summed E-state index contributed by atoms with van der Waals surface area (Å²) in [4.78, 5) is 42.9. The largest absolute Gasteiger partial charge is 0.454 e. The number of fused-ring (bicyclic) bond motifs is 2. The quantitative estimate of drug-likeness (QED) is 0.718. The van der Waals surface area contributed by atoms with Crippen LogP contribution in [0.4, 0.5) is 5.69 Å². The van der Waals surface area contributed by atoms with Crippen molar-refractivity contribution < 1.29 is 14.3 Å². The zero-order valence-corrected chi connectivity index (χ0v) is 16.3. The molecule has 0 spiro atoms. The lowest BCUT2D eigenvalue weighted by atomic mass is 10.1. The topological polar surface area (TPSA) is 93.6 Å². The van der Waals surface area contributed by atoms with Gasteiger partial charge < -0.3 is 19.4 Å². The van der Waals surface area contributed by atoms with Gasteiger partial charge in [0.2, 0.25) is 6.79 Å². The van der Waals surface area contributed by atoms with Gasteiger partial charge in [0.15, 0.2) is 11.5 Å². The number of hydrogen-bond acceptors (Lipinski definition) is 5. The number of carbonyl (C=O) groups is 1. The SMILES string of the molecule is CC1Cc2ccccc2N1C(=O)c1c[nH]c(=O)n(Cc2ccc3c(c2)OCO3)c1=O. The highest BCUT2D eigenvalue weighted by molar-refractivity contribution is 6.07. The Labute approximate surface area is 171 Å². The summed E-state index contributed by atoms with van der Waals surface area (Å²) in [7, 11) is 0. The molecule has 8 heteroatoms. The van der Waals surface area contributed by atoms with E-state index in [9.17, 15) is 14.4 Å². The van der Waals surface area contributed by atoms with Crippen molar-refractivity contribution in [2.45, 2.75) is 25.9 Å². The van der Waals surface area contributed by atoms with E-state index in [2.05, 4.69) is 4.98 Å². The average molecular weight is 405 g/mol. The molecule has 8 nitrogen and oxygen atoms in total. The highest BCUT2D eigenvalue weighted by atomic mass is 16.7. The molecule has 5 rings (SSSR count). The summed E-state index contributed by atoms with van der Waals surface area (Å²) < 4.78 is 11.7. The van der Waals surface area contributed by atoms with E-state index in [-0.39, 0.29) is 24.9 Å². The van der Waals surface area contributed by atoms with Gasteiger partial charge in [0, 0.05) is 17.9 Å². The van der Waals surface area contributed by atoms with Crippen LogP contribution >= 0.6 is 0 Å². The van der Waals surface area contributed by atoms with E-state index in [1.165, 1.54) is 6.20 Å². The Morgan fingerprint density at radius 1 is 1.13 bits per heavy atom. The Kier molecular flexibility index (Phi) is 4.20. The Bertz CT molecular complexity index is 1280. The van der Waals surface area contributed by atoms with Gasteiger partial charge in [0.1, 0.15) is 5.56 Å². The number of amides is 1.